The molecule has 0 spiro atoms. The van der Waals surface area contributed by atoms with Gasteiger partial charge >= 0.3 is 0 Å². The van der Waals surface area contributed by atoms with E-state index in [4.69, 9.17) is 0 Å². The maximum Gasteiger partial charge on any atom is 0.214 e. The molecule has 1 N–H and O–H groups in total. The summed E-state index contributed by atoms with van der Waals surface area (Å²) in [5.74, 6) is -0.576. The standard InChI is InChI=1S/C12H11FN2O2S/c1-18(16,17)11-4-2-9(3-5-11)15-10-6-7-14-12(13)8-10/h2-8H,1H3,(H,14,15). The number of anilines is 2. The lowest BCUT2D eigenvalue weighted by Crippen LogP contribution is -1.97. The molecule has 0 bridgehead atoms. The number of hydrogen-bond acceptors (Lipinski definition) is 4. The Hall–Kier alpha value is -1.95. The second-order valence-corrected chi connectivity index (χ2v) is 5.80. The zero-order valence-electron chi connectivity index (χ0n) is 9.59. The lowest BCUT2D eigenvalue weighted by Gasteiger charge is -2.06. The van der Waals surface area contributed by atoms with E-state index in [1.807, 2.05) is 0 Å². The van der Waals surface area contributed by atoms with Crippen LogP contribution in [0.25, 0.3) is 0 Å². The van der Waals surface area contributed by atoms with Gasteiger partial charge in [-0.1, -0.05) is 0 Å². The number of sulfone groups is 1. The molecule has 6 heteroatoms. The first-order valence-electron chi connectivity index (χ1n) is 5.14. The number of rotatable bonds is 3. The van der Waals surface area contributed by atoms with Crippen molar-refractivity contribution in [3.05, 3.63) is 48.5 Å². The van der Waals surface area contributed by atoms with Gasteiger partial charge < -0.3 is 5.32 Å². The first-order valence-corrected chi connectivity index (χ1v) is 7.03. The molecule has 0 fully saturated rings. The summed E-state index contributed by atoms with van der Waals surface area (Å²) < 4.78 is 35.4. The van der Waals surface area contributed by atoms with Gasteiger partial charge in [0.15, 0.2) is 9.84 Å². The van der Waals surface area contributed by atoms with Crippen LogP contribution >= 0.6 is 0 Å². The largest absolute Gasteiger partial charge is 0.355 e. The van der Waals surface area contributed by atoms with Crippen LogP contribution in [0.1, 0.15) is 0 Å². The maximum atomic E-state index is 12.9. The summed E-state index contributed by atoms with van der Waals surface area (Å²) >= 11 is 0. The molecule has 0 radical (unpaired) electrons. The summed E-state index contributed by atoms with van der Waals surface area (Å²) in [6.45, 7) is 0. The van der Waals surface area contributed by atoms with Crippen LogP contribution in [0.4, 0.5) is 15.8 Å². The third-order valence-corrected chi connectivity index (χ3v) is 3.43. The van der Waals surface area contributed by atoms with Crippen LogP contribution in [0, 0.1) is 5.95 Å². The molecule has 0 aliphatic rings. The monoisotopic (exact) mass is 266 g/mol. The van der Waals surface area contributed by atoms with Gasteiger partial charge in [0.25, 0.3) is 0 Å². The van der Waals surface area contributed by atoms with E-state index in [9.17, 15) is 12.8 Å². The second kappa shape index (κ2) is 4.73. The molecule has 2 aromatic rings. The number of nitrogens with one attached hydrogen (secondary N) is 1. The Morgan fingerprint density at radius 1 is 1.11 bits per heavy atom. The zero-order chi connectivity index (χ0) is 13.2. The van der Waals surface area contributed by atoms with Crippen LogP contribution < -0.4 is 5.32 Å². The van der Waals surface area contributed by atoms with Gasteiger partial charge in [-0.25, -0.2) is 13.4 Å². The van der Waals surface area contributed by atoms with Crippen LogP contribution in [0.5, 0.6) is 0 Å². The molecule has 0 unspecified atom stereocenters. The Labute approximate surface area is 104 Å². The summed E-state index contributed by atoms with van der Waals surface area (Å²) in [5.41, 5.74) is 1.22. The lowest BCUT2D eigenvalue weighted by molar-refractivity contribution is 0.584. The first-order chi connectivity index (χ1) is 8.45. The lowest BCUT2D eigenvalue weighted by atomic mass is 10.3. The van der Waals surface area contributed by atoms with Gasteiger partial charge in [0, 0.05) is 29.9 Å². The number of nitrogens with zero attached hydrogens (tertiary/aromatic N) is 1. The molecule has 1 heterocycles. The smallest absolute Gasteiger partial charge is 0.214 e. The molecule has 0 amide bonds. The minimum atomic E-state index is -3.20. The van der Waals surface area contributed by atoms with Gasteiger partial charge in [-0.05, 0) is 30.3 Å². The molecule has 4 nitrogen and oxygen atoms in total. The van der Waals surface area contributed by atoms with Crippen LogP contribution in [-0.4, -0.2) is 19.7 Å². The van der Waals surface area contributed by atoms with Gasteiger partial charge in [-0.15, -0.1) is 0 Å². The van der Waals surface area contributed by atoms with Gasteiger partial charge in [0.2, 0.25) is 5.95 Å². The molecule has 2 rings (SSSR count). The molecule has 1 aromatic heterocycles. The fourth-order valence-electron chi connectivity index (χ4n) is 1.43. The molecule has 0 aliphatic heterocycles. The SMILES string of the molecule is CS(=O)(=O)c1ccc(Nc2ccnc(F)c2)cc1. The fourth-order valence-corrected chi connectivity index (χ4v) is 2.06. The van der Waals surface area contributed by atoms with Crippen LogP contribution in [0.2, 0.25) is 0 Å². The average molecular weight is 266 g/mol. The van der Waals surface area contributed by atoms with Crippen molar-refractivity contribution < 1.29 is 12.8 Å². The van der Waals surface area contributed by atoms with E-state index in [1.165, 1.54) is 24.4 Å². The van der Waals surface area contributed by atoms with E-state index in [0.717, 1.165) is 6.26 Å². The second-order valence-electron chi connectivity index (χ2n) is 3.79. The molecule has 94 valence electrons. The Kier molecular flexibility index (Phi) is 3.29. The Morgan fingerprint density at radius 3 is 2.33 bits per heavy atom. The summed E-state index contributed by atoms with van der Waals surface area (Å²) in [7, 11) is -3.20. The number of benzene rings is 1. The highest BCUT2D eigenvalue weighted by Gasteiger charge is 2.06. The molecule has 0 saturated heterocycles. The van der Waals surface area contributed by atoms with Crippen molar-refractivity contribution in [1.82, 2.24) is 4.98 Å². The van der Waals surface area contributed by atoms with Gasteiger partial charge in [-0.2, -0.15) is 4.39 Å². The first kappa shape index (κ1) is 12.5. The van der Waals surface area contributed by atoms with Crippen LogP contribution in [0.15, 0.2) is 47.5 Å². The molecule has 0 saturated carbocycles. The maximum absolute atomic E-state index is 12.9. The van der Waals surface area contributed by atoms with Crippen molar-refractivity contribution in [1.29, 1.82) is 0 Å². The summed E-state index contributed by atoms with van der Waals surface area (Å²) in [6.07, 6.45) is 2.50. The van der Waals surface area contributed by atoms with Crippen molar-refractivity contribution in [3.63, 3.8) is 0 Å². The van der Waals surface area contributed by atoms with Crippen LogP contribution in [0.3, 0.4) is 0 Å². The van der Waals surface area contributed by atoms with Crippen molar-refractivity contribution in [2.45, 2.75) is 4.90 Å². The third kappa shape index (κ3) is 3.04. The van der Waals surface area contributed by atoms with Crippen LogP contribution in [-0.2, 0) is 9.84 Å². The molecule has 0 aliphatic carbocycles. The Bertz CT molecular complexity index is 654. The van der Waals surface area contributed by atoms with Gasteiger partial charge in [-0.3, -0.25) is 0 Å². The van der Waals surface area contributed by atoms with E-state index in [0.29, 0.717) is 11.4 Å². The highest BCUT2D eigenvalue weighted by Crippen LogP contribution is 2.18. The molecule has 0 atom stereocenters. The van der Waals surface area contributed by atoms with Crippen molar-refractivity contribution in [2.75, 3.05) is 11.6 Å². The van der Waals surface area contributed by atoms with E-state index in [2.05, 4.69) is 10.3 Å². The van der Waals surface area contributed by atoms with Gasteiger partial charge in [0.1, 0.15) is 0 Å². The van der Waals surface area contributed by atoms with E-state index >= 15 is 0 Å². The summed E-state index contributed by atoms with van der Waals surface area (Å²) in [4.78, 5) is 3.69. The quantitative estimate of drug-likeness (QED) is 0.866. The topological polar surface area (TPSA) is 59.1 Å². The van der Waals surface area contributed by atoms with E-state index < -0.39 is 15.8 Å². The predicted octanol–water partition coefficient (Wildman–Crippen LogP) is 2.37. The third-order valence-electron chi connectivity index (χ3n) is 2.30. The van der Waals surface area contributed by atoms with Gasteiger partial charge in [0.05, 0.1) is 4.90 Å². The molecular formula is C12H11FN2O2S. The minimum absolute atomic E-state index is 0.244. The van der Waals surface area contributed by atoms with E-state index in [1.54, 1.807) is 18.2 Å². The fraction of sp³-hybridized carbons (Fsp3) is 0.0833. The molecular weight excluding hydrogens is 255 g/mol. The molecule has 18 heavy (non-hydrogen) atoms. The van der Waals surface area contributed by atoms with E-state index in [-0.39, 0.29) is 4.90 Å². The Morgan fingerprint density at radius 2 is 1.78 bits per heavy atom. The minimum Gasteiger partial charge on any atom is -0.355 e. The van der Waals surface area contributed by atoms with Crippen molar-refractivity contribution >= 4 is 21.2 Å². The average Bonchev–Trinajstić information content (AvgIpc) is 2.28. The number of aromatic nitrogens is 1. The Balaban J connectivity index is 2.21. The number of halogens is 1. The van der Waals surface area contributed by atoms with Crippen molar-refractivity contribution in [2.24, 2.45) is 0 Å². The van der Waals surface area contributed by atoms with Crippen molar-refractivity contribution in [3.8, 4) is 0 Å². The highest BCUT2D eigenvalue weighted by atomic mass is 32.2. The zero-order valence-corrected chi connectivity index (χ0v) is 10.4. The predicted molar refractivity (Wildman–Crippen MR) is 67.0 cm³/mol. The highest BCUT2D eigenvalue weighted by molar-refractivity contribution is 7.90. The number of hydrogen-bond donors (Lipinski definition) is 1. The molecule has 1 aromatic carbocycles. The number of pyridine rings is 1. The summed E-state index contributed by atoms with van der Waals surface area (Å²) in [5, 5.41) is 2.95. The summed E-state index contributed by atoms with van der Waals surface area (Å²) in [6, 6.07) is 9.10. The normalized spacial score (nSPS) is 11.2.